The number of alkyl halides is 2. The van der Waals surface area contributed by atoms with E-state index in [-0.39, 0.29) is 6.42 Å². The maximum atomic E-state index is 13.6. The largest absolute Gasteiger partial charge is 0.294 e. The van der Waals surface area contributed by atoms with Crippen molar-refractivity contribution in [3.05, 3.63) is 0 Å². The van der Waals surface area contributed by atoms with Gasteiger partial charge >= 0.3 is 0 Å². The minimum absolute atomic E-state index is 0.0953. The van der Waals surface area contributed by atoms with E-state index >= 15 is 0 Å². The molecular formula is C12H21F2N. The fourth-order valence-corrected chi connectivity index (χ4v) is 2.94. The zero-order valence-electron chi connectivity index (χ0n) is 9.68. The molecule has 0 N–H and O–H groups in total. The number of hydrogen-bond donors (Lipinski definition) is 0. The summed E-state index contributed by atoms with van der Waals surface area (Å²) in [5.41, 5.74) is 0. The average Bonchev–Trinajstić information content (AvgIpc) is 2.50. The van der Waals surface area contributed by atoms with Gasteiger partial charge in [0.2, 0.25) is 0 Å². The molecule has 0 aromatic heterocycles. The van der Waals surface area contributed by atoms with Crippen molar-refractivity contribution in [2.45, 2.75) is 51.5 Å². The molecule has 0 bridgehead atoms. The van der Waals surface area contributed by atoms with Crippen LogP contribution in [-0.2, 0) is 0 Å². The number of piperidine rings is 1. The number of hydrogen-bond acceptors (Lipinski definition) is 1. The fraction of sp³-hybridized carbons (Fsp3) is 1.00. The fourth-order valence-electron chi connectivity index (χ4n) is 2.94. The molecule has 1 saturated heterocycles. The van der Waals surface area contributed by atoms with Gasteiger partial charge in [-0.15, -0.1) is 0 Å². The third-order valence-corrected chi connectivity index (χ3v) is 4.28. The summed E-state index contributed by atoms with van der Waals surface area (Å²) in [6, 6.07) is -0.465. The summed E-state index contributed by atoms with van der Waals surface area (Å²) < 4.78 is 27.2. The second-order valence-electron chi connectivity index (χ2n) is 5.41. The number of likely N-dealkylation sites (tertiary alicyclic amines) is 1. The molecule has 1 nitrogen and oxygen atoms in total. The summed E-state index contributed by atoms with van der Waals surface area (Å²) in [4.78, 5) is 2.04. The van der Waals surface area contributed by atoms with Crippen LogP contribution in [0.4, 0.5) is 8.78 Å². The van der Waals surface area contributed by atoms with Gasteiger partial charge in [0.15, 0.2) is 0 Å². The highest BCUT2D eigenvalue weighted by atomic mass is 19.3. The molecule has 2 fully saturated rings. The molecule has 15 heavy (non-hydrogen) atoms. The molecule has 0 aromatic carbocycles. The van der Waals surface area contributed by atoms with Gasteiger partial charge in [-0.2, -0.15) is 0 Å². The summed E-state index contributed by atoms with van der Waals surface area (Å²) in [7, 11) is 0. The smallest absolute Gasteiger partial charge is 0.263 e. The second kappa shape index (κ2) is 4.00. The Morgan fingerprint density at radius 1 is 1.13 bits per heavy atom. The molecule has 1 heterocycles. The molecular weight excluding hydrogens is 196 g/mol. The van der Waals surface area contributed by atoms with Crippen LogP contribution in [0.3, 0.4) is 0 Å². The van der Waals surface area contributed by atoms with Gasteiger partial charge in [-0.25, -0.2) is 8.78 Å². The molecule has 3 unspecified atom stereocenters. The van der Waals surface area contributed by atoms with E-state index in [1.54, 1.807) is 0 Å². The topological polar surface area (TPSA) is 3.24 Å². The van der Waals surface area contributed by atoms with E-state index in [4.69, 9.17) is 0 Å². The third kappa shape index (κ3) is 2.17. The van der Waals surface area contributed by atoms with Crippen LogP contribution in [0.15, 0.2) is 0 Å². The highest BCUT2D eigenvalue weighted by molar-refractivity contribution is 4.93. The molecule has 1 saturated carbocycles. The molecule has 2 rings (SSSR count). The summed E-state index contributed by atoms with van der Waals surface area (Å²) in [6.45, 7) is 6.14. The van der Waals surface area contributed by atoms with Crippen molar-refractivity contribution in [3.63, 3.8) is 0 Å². The minimum Gasteiger partial charge on any atom is -0.294 e. The molecule has 0 spiro atoms. The Morgan fingerprint density at radius 3 is 2.40 bits per heavy atom. The highest BCUT2D eigenvalue weighted by Gasteiger charge is 2.47. The van der Waals surface area contributed by atoms with E-state index in [1.165, 1.54) is 0 Å². The molecule has 2 aliphatic rings. The van der Waals surface area contributed by atoms with Crippen molar-refractivity contribution in [1.29, 1.82) is 0 Å². The van der Waals surface area contributed by atoms with Gasteiger partial charge in [0.05, 0.1) is 6.04 Å². The molecule has 3 atom stereocenters. The quantitative estimate of drug-likeness (QED) is 0.652. The van der Waals surface area contributed by atoms with Crippen molar-refractivity contribution in [2.24, 2.45) is 11.8 Å². The normalized spacial score (nSPS) is 42.0. The predicted octanol–water partition coefficient (Wildman–Crippen LogP) is 3.15. The van der Waals surface area contributed by atoms with Crippen LogP contribution in [0.1, 0.15) is 39.5 Å². The Labute approximate surface area is 90.8 Å². The van der Waals surface area contributed by atoms with E-state index in [2.05, 4.69) is 13.8 Å². The third-order valence-electron chi connectivity index (χ3n) is 4.28. The van der Waals surface area contributed by atoms with Crippen molar-refractivity contribution in [3.8, 4) is 0 Å². The van der Waals surface area contributed by atoms with Crippen LogP contribution in [-0.4, -0.2) is 30.0 Å². The maximum absolute atomic E-state index is 13.6. The van der Waals surface area contributed by atoms with Gasteiger partial charge in [-0.05, 0) is 37.6 Å². The molecule has 88 valence electrons. The van der Waals surface area contributed by atoms with Crippen molar-refractivity contribution < 1.29 is 8.78 Å². The van der Waals surface area contributed by atoms with Crippen LogP contribution in [0.5, 0.6) is 0 Å². The van der Waals surface area contributed by atoms with Gasteiger partial charge in [-0.3, -0.25) is 4.90 Å². The monoisotopic (exact) mass is 217 g/mol. The van der Waals surface area contributed by atoms with Crippen LogP contribution in [0.25, 0.3) is 0 Å². The van der Waals surface area contributed by atoms with Gasteiger partial charge in [-0.1, -0.05) is 13.8 Å². The SMILES string of the molecule is CC1CCN(C2CCCC2(F)F)CC1C. The maximum Gasteiger partial charge on any atom is 0.263 e. The summed E-state index contributed by atoms with van der Waals surface area (Å²) in [5, 5.41) is 0. The van der Waals surface area contributed by atoms with E-state index in [9.17, 15) is 8.78 Å². The van der Waals surface area contributed by atoms with Crippen molar-refractivity contribution in [1.82, 2.24) is 4.90 Å². The van der Waals surface area contributed by atoms with Crippen LogP contribution in [0, 0.1) is 11.8 Å². The highest BCUT2D eigenvalue weighted by Crippen LogP contribution is 2.40. The Hall–Kier alpha value is -0.180. The van der Waals surface area contributed by atoms with Crippen molar-refractivity contribution >= 4 is 0 Å². The second-order valence-corrected chi connectivity index (χ2v) is 5.41. The lowest BCUT2D eigenvalue weighted by molar-refractivity contribution is -0.0745. The first kappa shape index (κ1) is 11.3. The molecule has 1 aliphatic heterocycles. The van der Waals surface area contributed by atoms with Crippen LogP contribution >= 0.6 is 0 Å². The minimum atomic E-state index is -2.43. The van der Waals surface area contributed by atoms with Crippen molar-refractivity contribution in [2.75, 3.05) is 13.1 Å². The molecule has 3 heteroatoms. The van der Waals surface area contributed by atoms with Gasteiger partial charge in [0.25, 0.3) is 5.92 Å². The summed E-state index contributed by atoms with van der Waals surface area (Å²) in [5.74, 6) is -1.17. The first-order valence-corrected chi connectivity index (χ1v) is 6.12. The van der Waals surface area contributed by atoms with Crippen LogP contribution < -0.4 is 0 Å². The van der Waals surface area contributed by atoms with E-state index in [0.717, 1.165) is 19.5 Å². The van der Waals surface area contributed by atoms with E-state index < -0.39 is 12.0 Å². The van der Waals surface area contributed by atoms with Gasteiger partial charge in [0.1, 0.15) is 0 Å². The molecule has 0 radical (unpaired) electrons. The lowest BCUT2D eigenvalue weighted by Gasteiger charge is -2.40. The number of nitrogens with zero attached hydrogens (tertiary/aromatic N) is 1. The zero-order valence-corrected chi connectivity index (χ0v) is 9.68. The molecule has 0 aromatic rings. The zero-order chi connectivity index (χ0) is 11.1. The molecule has 0 amide bonds. The first-order chi connectivity index (χ1) is 7.00. The van der Waals surface area contributed by atoms with Gasteiger partial charge < -0.3 is 0 Å². The standard InChI is InChI=1S/C12H21F2N/c1-9-5-7-15(8-10(9)2)11-4-3-6-12(11,13)14/h9-11H,3-8H2,1-2H3. The molecule has 1 aliphatic carbocycles. The summed E-state index contributed by atoms with van der Waals surface area (Å²) >= 11 is 0. The average molecular weight is 217 g/mol. The Balaban J connectivity index is 1.99. The van der Waals surface area contributed by atoms with E-state index in [1.807, 2.05) is 4.90 Å². The van der Waals surface area contributed by atoms with E-state index in [0.29, 0.717) is 24.7 Å². The first-order valence-electron chi connectivity index (χ1n) is 6.12. The Bertz CT molecular complexity index is 230. The summed E-state index contributed by atoms with van der Waals surface area (Å²) in [6.07, 6.45) is 2.55. The number of halogens is 2. The lowest BCUT2D eigenvalue weighted by atomic mass is 9.87. The lowest BCUT2D eigenvalue weighted by Crippen LogP contribution is -2.50. The predicted molar refractivity (Wildman–Crippen MR) is 57.1 cm³/mol. The Morgan fingerprint density at radius 2 is 1.87 bits per heavy atom. The number of rotatable bonds is 1. The Kier molecular flexibility index (Phi) is 3.02. The van der Waals surface area contributed by atoms with Crippen LogP contribution in [0.2, 0.25) is 0 Å². The van der Waals surface area contributed by atoms with Gasteiger partial charge in [0, 0.05) is 13.0 Å².